The highest BCUT2D eigenvalue weighted by molar-refractivity contribution is 7.99. The summed E-state index contributed by atoms with van der Waals surface area (Å²) >= 11 is 1.71. The molecule has 4 nitrogen and oxygen atoms in total. The molecular weight excluding hydrogens is 334 g/mol. The van der Waals surface area contributed by atoms with E-state index in [1.54, 1.807) is 16.7 Å². The van der Waals surface area contributed by atoms with E-state index in [2.05, 4.69) is 31.2 Å². The van der Waals surface area contributed by atoms with E-state index >= 15 is 0 Å². The molecule has 0 atom stereocenters. The third-order valence-electron chi connectivity index (χ3n) is 3.98. The zero-order valence-corrected chi connectivity index (χ0v) is 16.9. The lowest BCUT2D eigenvalue weighted by atomic mass is 10.1. The standard InChI is InChI=1S/C20H33NO3S/c1-5-17-7-9-18(10-8-17)11-14-24-19(23)21(20(2,3)4)12-6-15-25-16-13-22/h7-10,22H,5-6,11-16H2,1-4H3. The molecule has 0 spiro atoms. The van der Waals surface area contributed by atoms with Crippen LogP contribution in [0.3, 0.4) is 0 Å². The number of hydrogen-bond donors (Lipinski definition) is 1. The molecule has 1 rings (SSSR count). The monoisotopic (exact) mass is 367 g/mol. The SMILES string of the molecule is CCc1ccc(CCOC(=O)N(CCCSCCO)C(C)(C)C)cc1. The summed E-state index contributed by atoms with van der Waals surface area (Å²) in [6, 6.07) is 8.46. The van der Waals surface area contributed by atoms with Gasteiger partial charge in [0.1, 0.15) is 0 Å². The van der Waals surface area contributed by atoms with Crippen molar-refractivity contribution in [2.45, 2.75) is 52.5 Å². The Morgan fingerprint density at radius 3 is 2.36 bits per heavy atom. The molecule has 0 aliphatic heterocycles. The molecule has 0 saturated carbocycles. The van der Waals surface area contributed by atoms with E-state index in [1.807, 2.05) is 20.8 Å². The number of hydrogen-bond acceptors (Lipinski definition) is 4. The van der Waals surface area contributed by atoms with Gasteiger partial charge in [-0.1, -0.05) is 31.2 Å². The Kier molecular flexibility index (Phi) is 9.98. The number of nitrogens with zero attached hydrogens (tertiary/aromatic N) is 1. The molecule has 1 aromatic rings. The molecule has 0 fully saturated rings. The first kappa shape index (κ1) is 21.8. The Hall–Kier alpha value is -1.20. The molecule has 142 valence electrons. The van der Waals surface area contributed by atoms with Crippen LogP contribution < -0.4 is 0 Å². The number of rotatable bonds is 10. The number of carbonyl (C=O) groups excluding carboxylic acids is 1. The Labute approximate surface area is 156 Å². The van der Waals surface area contributed by atoms with Crippen molar-refractivity contribution in [3.05, 3.63) is 35.4 Å². The van der Waals surface area contributed by atoms with E-state index in [9.17, 15) is 4.79 Å². The normalized spacial score (nSPS) is 11.4. The number of thioether (sulfide) groups is 1. The summed E-state index contributed by atoms with van der Waals surface area (Å²) in [4.78, 5) is 14.3. The summed E-state index contributed by atoms with van der Waals surface area (Å²) in [6.07, 6.45) is 2.42. The first-order chi connectivity index (χ1) is 11.9. The topological polar surface area (TPSA) is 49.8 Å². The van der Waals surface area contributed by atoms with Crippen LogP contribution >= 0.6 is 11.8 Å². The van der Waals surface area contributed by atoms with Crippen molar-refractivity contribution in [1.82, 2.24) is 4.90 Å². The van der Waals surface area contributed by atoms with E-state index in [0.717, 1.165) is 30.8 Å². The van der Waals surface area contributed by atoms with E-state index in [0.29, 0.717) is 13.2 Å². The Balaban J connectivity index is 2.42. The molecule has 5 heteroatoms. The molecule has 1 aromatic carbocycles. The van der Waals surface area contributed by atoms with Crippen LogP contribution in [0.15, 0.2) is 24.3 Å². The lowest BCUT2D eigenvalue weighted by Crippen LogP contribution is -2.46. The van der Waals surface area contributed by atoms with Crippen LogP contribution in [0.2, 0.25) is 0 Å². The highest BCUT2D eigenvalue weighted by atomic mass is 32.2. The van der Waals surface area contributed by atoms with Gasteiger partial charge in [0.05, 0.1) is 13.2 Å². The molecule has 0 aliphatic rings. The van der Waals surface area contributed by atoms with Gasteiger partial charge >= 0.3 is 6.09 Å². The van der Waals surface area contributed by atoms with Gasteiger partial charge in [-0.15, -0.1) is 0 Å². The summed E-state index contributed by atoms with van der Waals surface area (Å²) in [5.41, 5.74) is 2.24. The smallest absolute Gasteiger partial charge is 0.410 e. The second-order valence-electron chi connectivity index (χ2n) is 7.05. The van der Waals surface area contributed by atoms with E-state index < -0.39 is 0 Å². The number of aliphatic hydroxyl groups is 1. The minimum absolute atomic E-state index is 0.203. The fourth-order valence-corrected chi connectivity index (χ4v) is 3.13. The van der Waals surface area contributed by atoms with Crippen LogP contribution in [0, 0.1) is 0 Å². The first-order valence-electron chi connectivity index (χ1n) is 9.09. The summed E-state index contributed by atoms with van der Waals surface area (Å²) in [6.45, 7) is 9.49. The van der Waals surface area contributed by atoms with Gasteiger partial charge < -0.3 is 14.7 Å². The van der Waals surface area contributed by atoms with Gasteiger partial charge in [-0.2, -0.15) is 11.8 Å². The van der Waals surface area contributed by atoms with Crippen LogP contribution in [0.5, 0.6) is 0 Å². The third-order valence-corrected chi connectivity index (χ3v) is 5.03. The number of aliphatic hydroxyl groups excluding tert-OH is 1. The van der Waals surface area contributed by atoms with Crippen molar-refractivity contribution in [3.63, 3.8) is 0 Å². The zero-order valence-electron chi connectivity index (χ0n) is 16.1. The minimum atomic E-state index is -0.262. The molecule has 0 bridgehead atoms. The van der Waals surface area contributed by atoms with Gasteiger partial charge in [-0.25, -0.2) is 4.79 Å². The molecule has 0 saturated heterocycles. The van der Waals surface area contributed by atoms with Crippen LogP contribution in [-0.2, 0) is 17.6 Å². The van der Waals surface area contributed by atoms with Crippen molar-refractivity contribution in [2.24, 2.45) is 0 Å². The number of aryl methyl sites for hydroxylation is 1. The second-order valence-corrected chi connectivity index (χ2v) is 8.27. The van der Waals surface area contributed by atoms with Crippen LogP contribution in [0.4, 0.5) is 4.79 Å². The highest BCUT2D eigenvalue weighted by Gasteiger charge is 2.27. The largest absolute Gasteiger partial charge is 0.449 e. The van der Waals surface area contributed by atoms with Gasteiger partial charge in [0.25, 0.3) is 0 Å². The summed E-state index contributed by atoms with van der Waals surface area (Å²) in [5.74, 6) is 1.68. The van der Waals surface area contributed by atoms with Gasteiger partial charge in [0.2, 0.25) is 0 Å². The maximum Gasteiger partial charge on any atom is 0.410 e. The minimum Gasteiger partial charge on any atom is -0.449 e. The zero-order chi connectivity index (χ0) is 18.7. The average molecular weight is 368 g/mol. The Morgan fingerprint density at radius 2 is 1.80 bits per heavy atom. The molecule has 1 N–H and O–H groups in total. The number of ether oxygens (including phenoxy) is 1. The molecule has 0 radical (unpaired) electrons. The Bertz CT molecular complexity index is 497. The molecule has 1 amide bonds. The molecule has 0 aromatic heterocycles. The van der Waals surface area contributed by atoms with E-state index in [4.69, 9.17) is 9.84 Å². The molecule has 0 aliphatic carbocycles. The quantitative estimate of drug-likeness (QED) is 0.631. The van der Waals surface area contributed by atoms with Gasteiger partial charge in [-0.05, 0) is 50.5 Å². The van der Waals surface area contributed by atoms with Crippen LogP contribution in [-0.4, -0.2) is 52.9 Å². The second kappa shape index (κ2) is 11.4. The van der Waals surface area contributed by atoms with Crippen LogP contribution in [0.25, 0.3) is 0 Å². The van der Waals surface area contributed by atoms with Crippen molar-refractivity contribution in [1.29, 1.82) is 0 Å². The molecule has 0 unspecified atom stereocenters. The van der Waals surface area contributed by atoms with Crippen molar-refractivity contribution in [2.75, 3.05) is 31.3 Å². The first-order valence-corrected chi connectivity index (χ1v) is 10.2. The fraction of sp³-hybridized carbons (Fsp3) is 0.650. The summed E-state index contributed by atoms with van der Waals surface area (Å²) in [7, 11) is 0. The van der Waals surface area contributed by atoms with E-state index in [1.165, 1.54) is 11.1 Å². The van der Waals surface area contributed by atoms with Gasteiger partial charge in [-0.3, -0.25) is 0 Å². The maximum absolute atomic E-state index is 12.5. The highest BCUT2D eigenvalue weighted by Crippen LogP contribution is 2.16. The molecular formula is C20H33NO3S. The number of carbonyl (C=O) groups is 1. The van der Waals surface area contributed by atoms with Crippen molar-refractivity contribution < 1.29 is 14.6 Å². The van der Waals surface area contributed by atoms with Crippen molar-refractivity contribution >= 4 is 17.9 Å². The van der Waals surface area contributed by atoms with Crippen LogP contribution in [0.1, 0.15) is 45.2 Å². The van der Waals surface area contributed by atoms with Crippen molar-refractivity contribution in [3.8, 4) is 0 Å². The van der Waals surface area contributed by atoms with E-state index in [-0.39, 0.29) is 18.2 Å². The lowest BCUT2D eigenvalue weighted by molar-refractivity contribution is 0.0687. The predicted octanol–water partition coefficient (Wildman–Crippen LogP) is 4.14. The summed E-state index contributed by atoms with van der Waals surface area (Å²) < 4.78 is 5.51. The maximum atomic E-state index is 12.5. The number of benzene rings is 1. The average Bonchev–Trinajstić information content (AvgIpc) is 2.57. The predicted molar refractivity (Wildman–Crippen MR) is 106 cm³/mol. The molecule has 25 heavy (non-hydrogen) atoms. The fourth-order valence-electron chi connectivity index (χ4n) is 2.47. The summed E-state index contributed by atoms with van der Waals surface area (Å²) in [5, 5.41) is 8.81. The third kappa shape index (κ3) is 8.63. The van der Waals surface area contributed by atoms with Gasteiger partial charge in [0.15, 0.2) is 0 Å². The lowest BCUT2D eigenvalue weighted by Gasteiger charge is -2.34. The number of amides is 1. The van der Waals surface area contributed by atoms with Gasteiger partial charge in [0, 0.05) is 24.3 Å². The Morgan fingerprint density at radius 1 is 1.16 bits per heavy atom. The molecule has 0 heterocycles.